The number of thioether (sulfide) groups is 1. The number of anilines is 1. The quantitative estimate of drug-likeness (QED) is 0.139. The summed E-state index contributed by atoms with van der Waals surface area (Å²) in [6.45, 7) is 0.626. The molecular weight excluding hydrogens is 453 g/mol. The number of nitrogens with zero attached hydrogens (tertiary/aromatic N) is 4. The molecule has 1 aliphatic heterocycles. The van der Waals surface area contributed by atoms with Gasteiger partial charge < -0.3 is 20.1 Å². The molecule has 0 aromatic carbocycles. The van der Waals surface area contributed by atoms with Gasteiger partial charge >= 0.3 is 0 Å². The third kappa shape index (κ3) is 6.98. The Bertz CT molecular complexity index is 813. The summed E-state index contributed by atoms with van der Waals surface area (Å²) in [5.41, 5.74) is 0.0561. The molecule has 2 amide bonds. The fourth-order valence-electron chi connectivity index (χ4n) is 4.40. The van der Waals surface area contributed by atoms with Crippen molar-refractivity contribution in [1.82, 2.24) is 20.3 Å². The molecule has 1 aliphatic carbocycles. The van der Waals surface area contributed by atoms with Crippen LogP contribution in [0.5, 0.6) is 0 Å². The molecule has 184 valence electrons. The van der Waals surface area contributed by atoms with E-state index in [2.05, 4.69) is 15.3 Å². The Morgan fingerprint density at radius 3 is 2.85 bits per heavy atom. The van der Waals surface area contributed by atoms with E-state index in [1.165, 1.54) is 11.8 Å². The van der Waals surface area contributed by atoms with Crippen LogP contribution < -0.4 is 10.2 Å². The van der Waals surface area contributed by atoms with Crippen LogP contribution >= 0.6 is 11.8 Å². The molecule has 2 aliphatic rings. The molecule has 33 heavy (non-hydrogen) atoms. The van der Waals surface area contributed by atoms with Gasteiger partial charge in [-0.25, -0.2) is 19.4 Å². The normalized spacial score (nSPS) is 20.0. The van der Waals surface area contributed by atoms with Crippen LogP contribution in [0, 0.1) is 17.7 Å². The number of aliphatic hydroxyl groups is 1. The van der Waals surface area contributed by atoms with Gasteiger partial charge in [0.05, 0.1) is 38.3 Å². The van der Waals surface area contributed by atoms with E-state index in [1.807, 2.05) is 0 Å². The fraction of sp³-hybridized carbons (Fsp3) is 0.714. The molecule has 0 radical (unpaired) electrons. The lowest BCUT2D eigenvalue weighted by Gasteiger charge is -2.33. The molecule has 2 atom stereocenters. The van der Waals surface area contributed by atoms with E-state index in [0.717, 1.165) is 25.7 Å². The van der Waals surface area contributed by atoms with Crippen molar-refractivity contribution in [3.8, 4) is 0 Å². The Morgan fingerprint density at radius 1 is 1.42 bits per heavy atom. The van der Waals surface area contributed by atoms with Gasteiger partial charge in [0.25, 0.3) is 0 Å². The highest BCUT2D eigenvalue weighted by Crippen LogP contribution is 2.31. The molecule has 3 rings (SSSR count). The van der Waals surface area contributed by atoms with Crippen molar-refractivity contribution >= 4 is 29.9 Å². The van der Waals surface area contributed by atoms with Crippen molar-refractivity contribution in [3.05, 3.63) is 11.5 Å². The minimum Gasteiger partial charge on any atom is -0.394 e. The summed E-state index contributed by atoms with van der Waals surface area (Å²) in [4.78, 5) is 34.0. The SMILES string of the molecule is CSc1nc(CNC(=O)[C@H](CC2CCCC2)CN(O)C=O)c(F)c(N2CCOC(CO)C2)n1. The van der Waals surface area contributed by atoms with Crippen molar-refractivity contribution in [2.75, 3.05) is 44.0 Å². The van der Waals surface area contributed by atoms with Crippen LogP contribution in [-0.2, 0) is 20.9 Å². The zero-order valence-electron chi connectivity index (χ0n) is 18.8. The van der Waals surface area contributed by atoms with Crippen molar-refractivity contribution in [2.45, 2.75) is 49.9 Å². The summed E-state index contributed by atoms with van der Waals surface area (Å²) in [5, 5.41) is 22.6. The van der Waals surface area contributed by atoms with Crippen LogP contribution in [-0.4, -0.2) is 82.9 Å². The molecule has 0 bridgehead atoms. The molecule has 12 heteroatoms. The number of carbonyl (C=O) groups excluding carboxylic acids is 2. The lowest BCUT2D eigenvalue weighted by molar-refractivity contribution is -0.155. The Balaban J connectivity index is 1.72. The van der Waals surface area contributed by atoms with Crippen LogP contribution in [0.1, 0.15) is 37.8 Å². The van der Waals surface area contributed by atoms with E-state index in [9.17, 15) is 19.9 Å². The lowest BCUT2D eigenvalue weighted by atomic mass is 9.92. The number of hydroxylamine groups is 2. The first-order valence-corrected chi connectivity index (χ1v) is 12.4. The molecular formula is C21H32FN5O5S. The van der Waals surface area contributed by atoms with E-state index < -0.39 is 17.8 Å². The van der Waals surface area contributed by atoms with Crippen LogP contribution in [0.25, 0.3) is 0 Å². The number of carbonyl (C=O) groups is 2. The second kappa shape index (κ2) is 12.4. The van der Waals surface area contributed by atoms with Crippen LogP contribution in [0.4, 0.5) is 10.2 Å². The zero-order valence-corrected chi connectivity index (χ0v) is 19.6. The highest BCUT2D eigenvalue weighted by atomic mass is 32.2. The number of aromatic nitrogens is 2. The summed E-state index contributed by atoms with van der Waals surface area (Å²) >= 11 is 1.26. The van der Waals surface area contributed by atoms with Crippen molar-refractivity contribution in [1.29, 1.82) is 0 Å². The van der Waals surface area contributed by atoms with Crippen LogP contribution in [0.15, 0.2) is 5.16 Å². The third-order valence-electron chi connectivity index (χ3n) is 6.13. The van der Waals surface area contributed by atoms with Gasteiger partial charge in [-0.15, -0.1) is 0 Å². The van der Waals surface area contributed by atoms with Gasteiger partial charge in [0.2, 0.25) is 12.3 Å². The Kier molecular flexibility index (Phi) is 9.65. The lowest BCUT2D eigenvalue weighted by Crippen LogP contribution is -2.45. The summed E-state index contributed by atoms with van der Waals surface area (Å²) < 4.78 is 20.8. The van der Waals surface area contributed by atoms with Gasteiger partial charge in [-0.1, -0.05) is 37.4 Å². The van der Waals surface area contributed by atoms with Crippen LogP contribution in [0.3, 0.4) is 0 Å². The average molecular weight is 486 g/mol. The molecule has 3 N–H and O–H groups in total. The number of aliphatic hydroxyl groups excluding tert-OH is 1. The molecule has 10 nitrogen and oxygen atoms in total. The van der Waals surface area contributed by atoms with E-state index in [1.54, 1.807) is 11.2 Å². The maximum atomic E-state index is 15.3. The number of morpholine rings is 1. The minimum absolute atomic E-state index is 0.0561. The number of halogens is 1. The second-order valence-corrected chi connectivity index (χ2v) is 9.22. The summed E-state index contributed by atoms with van der Waals surface area (Å²) in [7, 11) is 0. The number of hydrogen-bond donors (Lipinski definition) is 3. The van der Waals surface area contributed by atoms with Gasteiger partial charge in [0, 0.05) is 13.1 Å². The summed E-state index contributed by atoms with van der Waals surface area (Å²) in [6, 6.07) is 0. The van der Waals surface area contributed by atoms with Gasteiger partial charge in [-0.2, -0.15) is 0 Å². The van der Waals surface area contributed by atoms with Crippen LogP contribution in [0.2, 0.25) is 0 Å². The number of nitrogens with one attached hydrogen (secondary N) is 1. The molecule has 1 aromatic rings. The largest absolute Gasteiger partial charge is 0.394 e. The van der Waals surface area contributed by atoms with Crippen molar-refractivity contribution in [3.63, 3.8) is 0 Å². The minimum atomic E-state index is -0.629. The number of rotatable bonds is 11. The maximum absolute atomic E-state index is 15.3. The van der Waals surface area contributed by atoms with E-state index in [0.29, 0.717) is 42.3 Å². The summed E-state index contributed by atoms with van der Waals surface area (Å²) in [5.74, 6) is -1.11. The van der Waals surface area contributed by atoms with Gasteiger partial charge in [0.1, 0.15) is 5.69 Å². The molecule has 1 aromatic heterocycles. The van der Waals surface area contributed by atoms with E-state index in [4.69, 9.17) is 4.74 Å². The fourth-order valence-corrected chi connectivity index (χ4v) is 4.77. The second-order valence-electron chi connectivity index (χ2n) is 8.44. The average Bonchev–Trinajstić information content (AvgIpc) is 3.35. The monoisotopic (exact) mass is 485 g/mol. The highest BCUT2D eigenvalue weighted by Gasteiger charge is 2.29. The highest BCUT2D eigenvalue weighted by molar-refractivity contribution is 7.98. The van der Waals surface area contributed by atoms with Crippen molar-refractivity contribution < 1.29 is 29.0 Å². The molecule has 2 heterocycles. The Morgan fingerprint density at radius 2 is 2.18 bits per heavy atom. The third-order valence-corrected chi connectivity index (χ3v) is 6.68. The maximum Gasteiger partial charge on any atom is 0.233 e. The number of amides is 2. The first kappa shape index (κ1) is 25.6. The number of ether oxygens (including phenoxy) is 1. The molecule has 1 unspecified atom stereocenters. The predicted octanol–water partition coefficient (Wildman–Crippen LogP) is 1.20. The summed E-state index contributed by atoms with van der Waals surface area (Å²) in [6.07, 6.45) is 6.45. The van der Waals surface area contributed by atoms with E-state index in [-0.39, 0.29) is 43.5 Å². The molecule has 2 fully saturated rings. The topological polar surface area (TPSA) is 128 Å². The zero-order chi connectivity index (χ0) is 23.8. The number of hydrogen-bond acceptors (Lipinski definition) is 9. The Hall–Kier alpha value is -2.02. The first-order valence-electron chi connectivity index (χ1n) is 11.2. The standard InChI is InChI=1S/C21H32FN5O5S/c1-33-21-24-17(18(22)19(25-21)26-6-7-32-16(11-26)12-28)9-23-20(30)15(10-27(31)13-29)8-14-4-2-3-5-14/h13-16,28,31H,2-12H2,1H3,(H,23,30)/t15-,16?/m1/s1. The van der Waals surface area contributed by atoms with Gasteiger partial charge in [0.15, 0.2) is 16.8 Å². The molecule has 1 saturated heterocycles. The van der Waals surface area contributed by atoms with Gasteiger partial charge in [-0.05, 0) is 18.6 Å². The smallest absolute Gasteiger partial charge is 0.233 e. The Labute approximate surface area is 196 Å². The predicted molar refractivity (Wildman–Crippen MR) is 119 cm³/mol. The molecule has 0 spiro atoms. The van der Waals surface area contributed by atoms with E-state index >= 15 is 4.39 Å². The van der Waals surface area contributed by atoms with Gasteiger partial charge in [-0.3, -0.25) is 14.8 Å². The first-order chi connectivity index (χ1) is 15.9. The van der Waals surface area contributed by atoms with Crippen molar-refractivity contribution in [2.24, 2.45) is 11.8 Å². The molecule has 1 saturated carbocycles.